The fraction of sp³-hybridized carbons (Fsp3) is 0.800. The Bertz CT molecular complexity index is 297. The van der Waals surface area contributed by atoms with Crippen LogP contribution >= 0.6 is 0 Å². The fourth-order valence-electron chi connectivity index (χ4n) is 1.59. The quantitative estimate of drug-likeness (QED) is 0.691. The Morgan fingerprint density at radius 1 is 1.53 bits per heavy atom. The van der Waals surface area contributed by atoms with E-state index < -0.39 is 0 Å². The van der Waals surface area contributed by atoms with Gasteiger partial charge in [-0.25, -0.2) is 0 Å². The number of hydrogen-bond acceptors (Lipinski definition) is 5. The molecule has 2 rings (SSSR count). The molecule has 5 heteroatoms. The summed E-state index contributed by atoms with van der Waals surface area (Å²) in [4.78, 5) is 4.34. The zero-order valence-electron chi connectivity index (χ0n) is 9.03. The first-order valence-electron chi connectivity index (χ1n) is 5.39. The van der Waals surface area contributed by atoms with Gasteiger partial charge in [-0.15, -0.1) is 0 Å². The van der Waals surface area contributed by atoms with Gasteiger partial charge in [0.25, 0.3) is 0 Å². The Morgan fingerprint density at radius 3 is 3.07 bits per heavy atom. The summed E-state index contributed by atoms with van der Waals surface area (Å²) in [6.45, 7) is 2.89. The van der Waals surface area contributed by atoms with Crippen LogP contribution in [-0.2, 0) is 17.6 Å². The highest BCUT2D eigenvalue weighted by Crippen LogP contribution is 2.11. The molecule has 84 valence electrons. The van der Waals surface area contributed by atoms with Gasteiger partial charge in [-0.05, 0) is 25.4 Å². The number of aryl methyl sites for hydroxylation is 1. The summed E-state index contributed by atoms with van der Waals surface area (Å²) in [6, 6.07) is 0. The van der Waals surface area contributed by atoms with E-state index in [-0.39, 0.29) is 0 Å². The van der Waals surface area contributed by atoms with Crippen LogP contribution in [0.15, 0.2) is 4.52 Å². The normalized spacial score (nSPS) is 16.6. The Balaban J connectivity index is 1.75. The summed E-state index contributed by atoms with van der Waals surface area (Å²) < 4.78 is 10.1. The lowest BCUT2D eigenvalue weighted by molar-refractivity contribution is 0.194. The first-order valence-corrected chi connectivity index (χ1v) is 5.39. The highest BCUT2D eigenvalue weighted by atomic mass is 16.5. The van der Waals surface area contributed by atoms with Crippen molar-refractivity contribution in [2.75, 3.05) is 26.8 Å². The van der Waals surface area contributed by atoms with E-state index in [0.29, 0.717) is 5.92 Å². The number of hydrogen-bond donors (Lipinski definition) is 1. The van der Waals surface area contributed by atoms with Gasteiger partial charge in [0, 0.05) is 26.6 Å². The van der Waals surface area contributed by atoms with Gasteiger partial charge in [-0.1, -0.05) is 5.16 Å². The number of nitrogens with zero attached hydrogens (tertiary/aromatic N) is 2. The maximum atomic E-state index is 5.17. The second-order valence-corrected chi connectivity index (χ2v) is 3.93. The van der Waals surface area contributed by atoms with Crippen LogP contribution in [0.2, 0.25) is 0 Å². The van der Waals surface area contributed by atoms with Crippen molar-refractivity contribution >= 4 is 0 Å². The van der Waals surface area contributed by atoms with Crippen molar-refractivity contribution in [3.05, 3.63) is 11.7 Å². The van der Waals surface area contributed by atoms with Crippen molar-refractivity contribution in [3.8, 4) is 0 Å². The van der Waals surface area contributed by atoms with Crippen molar-refractivity contribution in [3.63, 3.8) is 0 Å². The summed E-state index contributed by atoms with van der Waals surface area (Å²) >= 11 is 0. The van der Waals surface area contributed by atoms with Gasteiger partial charge in [0.2, 0.25) is 5.89 Å². The molecule has 0 amide bonds. The highest BCUT2D eigenvalue weighted by Gasteiger charge is 2.20. The standard InChI is InChI=1S/C10H17N3O2/c1-14-4-2-3-9-12-10(15-13-9)5-8-6-11-7-8/h8,11H,2-7H2,1H3. The number of ether oxygens (including phenoxy) is 1. The predicted molar refractivity (Wildman–Crippen MR) is 54.6 cm³/mol. The molecule has 1 N–H and O–H groups in total. The van der Waals surface area contributed by atoms with E-state index in [2.05, 4.69) is 15.5 Å². The number of rotatable bonds is 6. The zero-order valence-corrected chi connectivity index (χ0v) is 9.03. The lowest BCUT2D eigenvalue weighted by Crippen LogP contribution is -2.43. The summed E-state index contributed by atoms with van der Waals surface area (Å²) in [5.74, 6) is 2.25. The molecule has 1 aliphatic heterocycles. The van der Waals surface area contributed by atoms with Gasteiger partial charge in [0.1, 0.15) is 0 Å². The predicted octanol–water partition coefficient (Wildman–Crippen LogP) is 0.410. The van der Waals surface area contributed by atoms with Crippen LogP contribution < -0.4 is 5.32 Å². The molecule has 2 heterocycles. The van der Waals surface area contributed by atoms with Crippen LogP contribution in [0.4, 0.5) is 0 Å². The molecule has 0 atom stereocenters. The van der Waals surface area contributed by atoms with Gasteiger partial charge in [-0.3, -0.25) is 0 Å². The summed E-state index contributed by atoms with van der Waals surface area (Å²) in [5.41, 5.74) is 0. The third kappa shape index (κ3) is 3.00. The lowest BCUT2D eigenvalue weighted by Gasteiger charge is -2.25. The molecular formula is C10H17N3O2. The summed E-state index contributed by atoms with van der Waals surface area (Å²) in [6.07, 6.45) is 2.69. The second-order valence-electron chi connectivity index (χ2n) is 3.93. The molecule has 1 aromatic heterocycles. The molecule has 5 nitrogen and oxygen atoms in total. The van der Waals surface area contributed by atoms with Gasteiger partial charge >= 0.3 is 0 Å². The second kappa shape index (κ2) is 5.23. The van der Waals surface area contributed by atoms with Crippen LogP contribution in [0.25, 0.3) is 0 Å². The molecule has 0 saturated carbocycles. The third-order valence-electron chi connectivity index (χ3n) is 2.59. The minimum Gasteiger partial charge on any atom is -0.385 e. The Hall–Kier alpha value is -0.940. The average molecular weight is 211 g/mol. The van der Waals surface area contributed by atoms with E-state index in [1.165, 1.54) is 0 Å². The molecule has 0 aliphatic carbocycles. The molecular weight excluding hydrogens is 194 g/mol. The van der Waals surface area contributed by atoms with E-state index in [9.17, 15) is 0 Å². The van der Waals surface area contributed by atoms with E-state index in [1.807, 2.05) is 0 Å². The lowest BCUT2D eigenvalue weighted by atomic mass is 10.00. The Kier molecular flexibility index (Phi) is 3.69. The van der Waals surface area contributed by atoms with E-state index in [0.717, 1.165) is 50.7 Å². The van der Waals surface area contributed by atoms with Gasteiger partial charge in [0.15, 0.2) is 5.82 Å². The highest BCUT2D eigenvalue weighted by molar-refractivity contribution is 4.91. The van der Waals surface area contributed by atoms with Gasteiger partial charge < -0.3 is 14.6 Å². The first-order chi connectivity index (χ1) is 7.38. The number of methoxy groups -OCH3 is 1. The molecule has 1 aromatic rings. The maximum Gasteiger partial charge on any atom is 0.227 e. The minimum atomic E-state index is 0.678. The zero-order chi connectivity index (χ0) is 10.5. The molecule has 0 aromatic carbocycles. The minimum absolute atomic E-state index is 0.678. The molecule has 0 spiro atoms. The monoisotopic (exact) mass is 211 g/mol. The third-order valence-corrected chi connectivity index (χ3v) is 2.59. The molecule has 1 aliphatic rings. The van der Waals surface area contributed by atoms with Crippen LogP contribution in [-0.4, -0.2) is 36.9 Å². The number of nitrogens with one attached hydrogen (secondary N) is 1. The molecule has 0 bridgehead atoms. The fourth-order valence-corrected chi connectivity index (χ4v) is 1.59. The number of aromatic nitrogens is 2. The molecule has 1 fully saturated rings. The maximum absolute atomic E-state index is 5.17. The molecule has 15 heavy (non-hydrogen) atoms. The smallest absolute Gasteiger partial charge is 0.227 e. The van der Waals surface area contributed by atoms with Crippen LogP contribution in [0, 0.1) is 5.92 Å². The summed E-state index contributed by atoms with van der Waals surface area (Å²) in [7, 11) is 1.70. The Labute approximate surface area is 89.2 Å². The average Bonchev–Trinajstić information content (AvgIpc) is 2.60. The van der Waals surface area contributed by atoms with Crippen molar-refractivity contribution in [2.24, 2.45) is 5.92 Å². The summed E-state index contributed by atoms with van der Waals surface area (Å²) in [5, 5.41) is 7.16. The van der Waals surface area contributed by atoms with Crippen LogP contribution in [0.5, 0.6) is 0 Å². The topological polar surface area (TPSA) is 60.2 Å². The molecule has 1 saturated heterocycles. The Morgan fingerprint density at radius 2 is 2.40 bits per heavy atom. The van der Waals surface area contributed by atoms with Gasteiger partial charge in [-0.2, -0.15) is 4.98 Å². The van der Waals surface area contributed by atoms with Crippen molar-refractivity contribution in [2.45, 2.75) is 19.3 Å². The van der Waals surface area contributed by atoms with Crippen molar-refractivity contribution < 1.29 is 9.26 Å². The first kappa shape index (κ1) is 10.6. The van der Waals surface area contributed by atoms with Crippen LogP contribution in [0.1, 0.15) is 18.1 Å². The van der Waals surface area contributed by atoms with Crippen molar-refractivity contribution in [1.29, 1.82) is 0 Å². The van der Waals surface area contributed by atoms with Crippen molar-refractivity contribution in [1.82, 2.24) is 15.5 Å². The SMILES string of the molecule is COCCCc1noc(CC2CNC2)n1. The molecule has 0 radical (unpaired) electrons. The van der Waals surface area contributed by atoms with E-state index >= 15 is 0 Å². The van der Waals surface area contributed by atoms with E-state index in [1.54, 1.807) is 7.11 Å². The van der Waals surface area contributed by atoms with E-state index in [4.69, 9.17) is 9.26 Å². The largest absolute Gasteiger partial charge is 0.385 e. The van der Waals surface area contributed by atoms with Gasteiger partial charge in [0.05, 0.1) is 0 Å². The molecule has 0 unspecified atom stereocenters. The van der Waals surface area contributed by atoms with Crippen LogP contribution in [0.3, 0.4) is 0 Å².